The van der Waals surface area contributed by atoms with Crippen molar-refractivity contribution in [2.75, 3.05) is 0 Å². The van der Waals surface area contributed by atoms with Crippen LogP contribution in [0.4, 0.5) is 4.79 Å². The molecule has 4 heteroatoms. The van der Waals surface area contributed by atoms with Gasteiger partial charge in [-0.2, -0.15) is 0 Å². The third-order valence-corrected chi connectivity index (χ3v) is 8.00. The zero-order chi connectivity index (χ0) is 19.2. The zero-order valence-electron chi connectivity index (χ0n) is 15.4. The van der Waals surface area contributed by atoms with Gasteiger partial charge in [-0.3, -0.25) is 0 Å². The van der Waals surface area contributed by atoms with Gasteiger partial charge >= 0.3 is 176 Å². The Labute approximate surface area is 175 Å². The van der Waals surface area contributed by atoms with Crippen LogP contribution >= 0.6 is 0 Å². The van der Waals surface area contributed by atoms with Gasteiger partial charge in [0.05, 0.1) is 0 Å². The number of amides is 1. The fraction of sp³-hybridized carbons (Fsp3) is 0.125. The van der Waals surface area contributed by atoms with Crippen LogP contribution in [0.15, 0.2) is 100 Å². The van der Waals surface area contributed by atoms with E-state index in [0.29, 0.717) is 0 Å². The fourth-order valence-corrected chi connectivity index (χ4v) is 6.41. The Morgan fingerprint density at radius 1 is 0.786 bits per heavy atom. The van der Waals surface area contributed by atoms with Crippen molar-refractivity contribution in [2.45, 2.75) is 18.9 Å². The SMILES string of the molecule is O=C1N[C@@H](c2ccccc2)C([Te]c2ccccc2)=C(CCc2ccccc2)O1. The minimum atomic E-state index is -0.682. The average molecular weight is 483 g/mol. The molecule has 0 aromatic heterocycles. The third kappa shape index (κ3) is 4.65. The topological polar surface area (TPSA) is 38.3 Å². The second kappa shape index (κ2) is 9.10. The summed E-state index contributed by atoms with van der Waals surface area (Å²) in [4.78, 5) is 12.3. The van der Waals surface area contributed by atoms with Gasteiger partial charge in [-0.05, 0) is 0 Å². The molecule has 0 radical (unpaired) electrons. The summed E-state index contributed by atoms with van der Waals surface area (Å²) in [5.41, 5.74) is 2.35. The molecule has 0 unspecified atom stereocenters. The van der Waals surface area contributed by atoms with Gasteiger partial charge in [-0.1, -0.05) is 0 Å². The number of alkyl carbamates (subject to hydrolysis) is 1. The first-order valence-electron chi connectivity index (χ1n) is 9.33. The molecule has 4 rings (SSSR count). The molecular formula is C24H21NO2Te. The molecule has 1 aliphatic heterocycles. The second-order valence-electron chi connectivity index (χ2n) is 6.57. The van der Waals surface area contributed by atoms with Gasteiger partial charge in [0.25, 0.3) is 0 Å². The van der Waals surface area contributed by atoms with E-state index < -0.39 is 20.9 Å². The fourth-order valence-electron chi connectivity index (χ4n) is 3.22. The van der Waals surface area contributed by atoms with Gasteiger partial charge in [0.2, 0.25) is 0 Å². The number of benzene rings is 3. The number of rotatable bonds is 6. The standard InChI is InChI=1S/C24H21NO2Te/c26-24-25-22(19-12-6-2-7-13-19)23(28-20-14-8-3-9-15-20)21(27-24)17-16-18-10-4-1-5-11-18/h1-15,22H,16-17H2,(H,25,26)/t22-/m0/s1. The van der Waals surface area contributed by atoms with Crippen LogP contribution in [0.5, 0.6) is 0 Å². The summed E-state index contributed by atoms with van der Waals surface area (Å²) in [6, 6.07) is 30.9. The maximum atomic E-state index is 12.3. The van der Waals surface area contributed by atoms with E-state index in [1.807, 2.05) is 42.5 Å². The zero-order valence-corrected chi connectivity index (χ0v) is 17.7. The maximum absolute atomic E-state index is 12.3. The number of hydrogen-bond donors (Lipinski definition) is 1. The molecule has 3 aromatic rings. The molecule has 0 bridgehead atoms. The summed E-state index contributed by atoms with van der Waals surface area (Å²) in [6.45, 7) is 0. The summed E-state index contributed by atoms with van der Waals surface area (Å²) >= 11 is -0.682. The van der Waals surface area contributed by atoms with E-state index in [1.54, 1.807) is 0 Å². The Kier molecular flexibility index (Phi) is 6.11. The minimum absolute atomic E-state index is 0.115. The molecular weight excluding hydrogens is 462 g/mol. The molecule has 0 spiro atoms. The van der Waals surface area contributed by atoms with Crippen LogP contribution in [0.1, 0.15) is 23.6 Å². The summed E-state index contributed by atoms with van der Waals surface area (Å²) < 4.78 is 8.29. The van der Waals surface area contributed by atoms with E-state index >= 15 is 0 Å². The predicted octanol–water partition coefficient (Wildman–Crippen LogP) is 4.34. The second-order valence-corrected chi connectivity index (χ2v) is 9.75. The van der Waals surface area contributed by atoms with Crippen LogP contribution in [0.2, 0.25) is 0 Å². The van der Waals surface area contributed by atoms with Crippen molar-refractivity contribution in [3.8, 4) is 0 Å². The summed E-state index contributed by atoms with van der Waals surface area (Å²) in [6.07, 6.45) is 1.23. The van der Waals surface area contributed by atoms with E-state index in [4.69, 9.17) is 4.74 Å². The molecule has 3 nitrogen and oxygen atoms in total. The van der Waals surface area contributed by atoms with Crippen molar-refractivity contribution in [2.24, 2.45) is 0 Å². The number of aryl methyl sites for hydroxylation is 1. The number of ether oxygens (including phenoxy) is 1. The summed E-state index contributed by atoms with van der Waals surface area (Å²) in [5.74, 6) is 0.840. The monoisotopic (exact) mass is 485 g/mol. The van der Waals surface area contributed by atoms with Gasteiger partial charge in [-0.15, -0.1) is 0 Å². The van der Waals surface area contributed by atoms with E-state index in [0.717, 1.165) is 24.2 Å². The van der Waals surface area contributed by atoms with Crippen LogP contribution in [-0.2, 0) is 11.2 Å². The Balaban J connectivity index is 1.69. The Morgan fingerprint density at radius 2 is 1.39 bits per heavy atom. The molecule has 0 aliphatic carbocycles. The first kappa shape index (κ1) is 18.8. The van der Waals surface area contributed by atoms with Gasteiger partial charge in [-0.25, -0.2) is 0 Å². The number of hydrogen-bond acceptors (Lipinski definition) is 2. The molecule has 0 saturated carbocycles. The molecule has 0 saturated heterocycles. The van der Waals surface area contributed by atoms with E-state index in [1.165, 1.54) is 12.8 Å². The Morgan fingerprint density at radius 3 is 2.07 bits per heavy atom. The molecule has 1 aliphatic rings. The molecule has 1 heterocycles. The number of allylic oxidation sites excluding steroid dienone is 1. The number of cyclic esters (lactones) is 1. The molecule has 140 valence electrons. The molecule has 0 fully saturated rings. The molecule has 3 aromatic carbocycles. The van der Waals surface area contributed by atoms with Crippen LogP contribution < -0.4 is 8.93 Å². The molecule has 1 amide bonds. The quantitative estimate of drug-likeness (QED) is 0.531. The summed E-state index contributed by atoms with van der Waals surface area (Å²) in [5, 5.41) is 3.04. The number of nitrogens with one attached hydrogen (secondary N) is 1. The van der Waals surface area contributed by atoms with Gasteiger partial charge in [0.1, 0.15) is 0 Å². The van der Waals surface area contributed by atoms with Gasteiger partial charge < -0.3 is 0 Å². The van der Waals surface area contributed by atoms with Crippen molar-refractivity contribution in [3.63, 3.8) is 0 Å². The van der Waals surface area contributed by atoms with Crippen LogP contribution in [-0.4, -0.2) is 27.0 Å². The van der Waals surface area contributed by atoms with Crippen LogP contribution in [0, 0.1) is 0 Å². The van der Waals surface area contributed by atoms with Crippen LogP contribution in [0.25, 0.3) is 0 Å². The predicted molar refractivity (Wildman–Crippen MR) is 112 cm³/mol. The van der Waals surface area contributed by atoms with Gasteiger partial charge in [0, 0.05) is 0 Å². The summed E-state index contributed by atoms with van der Waals surface area (Å²) in [7, 11) is 0. The van der Waals surface area contributed by atoms with Crippen molar-refractivity contribution >= 4 is 30.6 Å². The average Bonchev–Trinajstić information content (AvgIpc) is 2.75. The first-order chi connectivity index (χ1) is 13.8. The van der Waals surface area contributed by atoms with Crippen molar-refractivity contribution < 1.29 is 9.53 Å². The van der Waals surface area contributed by atoms with Crippen molar-refractivity contribution in [1.82, 2.24) is 5.32 Å². The van der Waals surface area contributed by atoms with Crippen molar-refractivity contribution in [1.29, 1.82) is 0 Å². The Bertz CT molecular complexity index is 956. The third-order valence-electron chi connectivity index (χ3n) is 4.60. The first-order valence-corrected chi connectivity index (χ1v) is 11.7. The van der Waals surface area contributed by atoms with Crippen molar-refractivity contribution in [3.05, 3.63) is 112 Å². The van der Waals surface area contributed by atoms with E-state index in [2.05, 4.69) is 53.8 Å². The number of carbonyl (C=O) groups excluding carboxylic acids is 1. The molecule has 28 heavy (non-hydrogen) atoms. The van der Waals surface area contributed by atoms with Crippen LogP contribution in [0.3, 0.4) is 0 Å². The van der Waals surface area contributed by atoms with E-state index in [-0.39, 0.29) is 12.1 Å². The van der Waals surface area contributed by atoms with E-state index in [9.17, 15) is 4.79 Å². The normalized spacial score (nSPS) is 16.4. The number of carbonyl (C=O) groups is 1. The Hall–Kier alpha value is -2.54. The van der Waals surface area contributed by atoms with Gasteiger partial charge in [0.15, 0.2) is 0 Å². The molecule has 1 atom stereocenters. The molecule has 1 N–H and O–H groups in total.